The van der Waals surface area contributed by atoms with Gasteiger partial charge in [0.2, 0.25) is 11.8 Å². The predicted octanol–water partition coefficient (Wildman–Crippen LogP) is 4.72. The molecule has 0 aromatic carbocycles. The average molecular weight is 614 g/mol. The SMILES string of the molecule is C=CCCCOC(=O)[C@H]1[C@@H]2SC3(CC2Br)C(C(=O)N(CC=C)C(C)CCC)N(CCCCCCO)C(=O)[C@H]13. The van der Waals surface area contributed by atoms with E-state index in [1.165, 1.54) is 0 Å². The number of halogens is 1. The number of likely N-dealkylation sites (tertiary alicyclic amines) is 1. The monoisotopic (exact) mass is 612 g/mol. The van der Waals surface area contributed by atoms with Crippen LogP contribution in [-0.2, 0) is 19.1 Å². The van der Waals surface area contributed by atoms with Crippen molar-refractivity contribution in [2.45, 2.75) is 98.5 Å². The van der Waals surface area contributed by atoms with Gasteiger partial charge >= 0.3 is 5.97 Å². The molecular weight excluding hydrogens is 568 g/mol. The number of carbonyl (C=O) groups excluding carboxylic acids is 3. The highest BCUT2D eigenvalue weighted by molar-refractivity contribution is 9.09. The fourth-order valence-electron chi connectivity index (χ4n) is 6.52. The Morgan fingerprint density at radius 2 is 2.00 bits per heavy atom. The zero-order valence-corrected chi connectivity index (χ0v) is 25.4. The molecule has 0 saturated carbocycles. The van der Waals surface area contributed by atoms with E-state index in [1.54, 1.807) is 28.8 Å². The van der Waals surface area contributed by atoms with Gasteiger partial charge in [0.1, 0.15) is 6.04 Å². The molecule has 3 rings (SSSR count). The van der Waals surface area contributed by atoms with Crippen molar-refractivity contribution in [3.05, 3.63) is 25.3 Å². The third kappa shape index (κ3) is 6.20. The Balaban J connectivity index is 1.94. The first kappa shape index (κ1) is 31.2. The van der Waals surface area contributed by atoms with Crippen LogP contribution in [0.2, 0.25) is 0 Å². The predicted molar refractivity (Wildman–Crippen MR) is 156 cm³/mol. The lowest BCUT2D eigenvalue weighted by Gasteiger charge is -2.39. The highest BCUT2D eigenvalue weighted by Gasteiger charge is 2.76. The largest absolute Gasteiger partial charge is 0.465 e. The fraction of sp³-hybridized carbons (Fsp3) is 0.759. The third-order valence-corrected chi connectivity index (χ3v) is 11.5. The van der Waals surface area contributed by atoms with Crippen LogP contribution in [0.5, 0.6) is 0 Å². The van der Waals surface area contributed by atoms with Crippen molar-refractivity contribution in [1.29, 1.82) is 0 Å². The van der Waals surface area contributed by atoms with Crippen molar-refractivity contribution in [1.82, 2.24) is 9.80 Å². The lowest BCUT2D eigenvalue weighted by atomic mass is 9.71. The molecule has 2 amide bonds. The topological polar surface area (TPSA) is 87.2 Å². The van der Waals surface area contributed by atoms with Gasteiger partial charge in [0.25, 0.3) is 0 Å². The number of rotatable bonds is 17. The number of aliphatic hydroxyl groups is 1. The maximum Gasteiger partial charge on any atom is 0.310 e. The second kappa shape index (κ2) is 14.4. The van der Waals surface area contributed by atoms with Crippen LogP contribution >= 0.6 is 27.7 Å². The quantitative estimate of drug-likeness (QED) is 0.111. The second-order valence-electron chi connectivity index (χ2n) is 10.8. The Labute approximate surface area is 240 Å². The van der Waals surface area contributed by atoms with E-state index >= 15 is 0 Å². The van der Waals surface area contributed by atoms with E-state index in [1.807, 2.05) is 4.90 Å². The number of ether oxygens (including phenoxy) is 1. The molecule has 0 aliphatic carbocycles. The van der Waals surface area contributed by atoms with E-state index in [0.717, 1.165) is 44.9 Å². The molecule has 38 heavy (non-hydrogen) atoms. The first-order chi connectivity index (χ1) is 18.3. The van der Waals surface area contributed by atoms with Gasteiger partial charge in [-0.25, -0.2) is 0 Å². The number of esters is 1. The second-order valence-corrected chi connectivity index (χ2v) is 13.6. The van der Waals surface area contributed by atoms with Gasteiger partial charge in [0.15, 0.2) is 0 Å². The van der Waals surface area contributed by atoms with Gasteiger partial charge in [0.05, 0.1) is 23.2 Å². The molecule has 0 aromatic heterocycles. The molecule has 1 spiro atoms. The molecule has 214 valence electrons. The van der Waals surface area contributed by atoms with Crippen LogP contribution in [0.1, 0.15) is 71.6 Å². The summed E-state index contributed by atoms with van der Waals surface area (Å²) in [4.78, 5) is 45.6. The van der Waals surface area contributed by atoms with Crippen molar-refractivity contribution in [2.24, 2.45) is 11.8 Å². The number of thioether (sulfide) groups is 1. The van der Waals surface area contributed by atoms with Gasteiger partial charge in [0, 0.05) is 35.8 Å². The molecule has 1 N–H and O–H groups in total. The first-order valence-corrected chi connectivity index (χ1v) is 16.0. The van der Waals surface area contributed by atoms with Gasteiger partial charge in [-0.3, -0.25) is 14.4 Å². The van der Waals surface area contributed by atoms with Crippen molar-refractivity contribution in [3.8, 4) is 0 Å². The minimum atomic E-state index is -0.658. The number of carbonyl (C=O) groups is 3. The Morgan fingerprint density at radius 3 is 2.66 bits per heavy atom. The Kier molecular flexibility index (Phi) is 11.8. The van der Waals surface area contributed by atoms with Gasteiger partial charge in [-0.1, -0.05) is 54.3 Å². The number of unbranched alkanes of at least 4 members (excludes halogenated alkanes) is 4. The fourth-order valence-corrected chi connectivity index (χ4v) is 10.1. The smallest absolute Gasteiger partial charge is 0.310 e. The van der Waals surface area contributed by atoms with Crippen LogP contribution in [-0.4, -0.2) is 85.9 Å². The third-order valence-electron chi connectivity index (χ3n) is 8.25. The molecule has 3 saturated heterocycles. The summed E-state index contributed by atoms with van der Waals surface area (Å²) >= 11 is 5.47. The van der Waals surface area contributed by atoms with Gasteiger partial charge in [-0.2, -0.15) is 0 Å². The zero-order valence-electron chi connectivity index (χ0n) is 23.0. The summed E-state index contributed by atoms with van der Waals surface area (Å²) in [6.45, 7) is 13.1. The number of amides is 2. The summed E-state index contributed by atoms with van der Waals surface area (Å²) in [5.74, 6) is -1.57. The van der Waals surface area contributed by atoms with Gasteiger partial charge in [-0.15, -0.1) is 24.9 Å². The van der Waals surface area contributed by atoms with E-state index in [0.29, 0.717) is 32.5 Å². The number of aliphatic hydroxyl groups excluding tert-OH is 1. The van der Waals surface area contributed by atoms with Crippen LogP contribution in [0.4, 0.5) is 0 Å². The lowest BCUT2D eigenvalue weighted by molar-refractivity contribution is -0.154. The normalized spacial score (nSPS) is 30.3. The molecular formula is C29H45BrN2O5S. The summed E-state index contributed by atoms with van der Waals surface area (Å²) in [7, 11) is 0. The van der Waals surface area contributed by atoms with E-state index in [4.69, 9.17) is 9.84 Å². The molecule has 3 aliphatic heterocycles. The van der Waals surface area contributed by atoms with E-state index in [2.05, 4.69) is 42.9 Å². The first-order valence-electron chi connectivity index (χ1n) is 14.2. The van der Waals surface area contributed by atoms with Crippen molar-refractivity contribution < 1.29 is 24.2 Å². The van der Waals surface area contributed by atoms with E-state index in [9.17, 15) is 14.4 Å². The molecule has 0 radical (unpaired) electrons. The number of hydrogen-bond donors (Lipinski definition) is 1. The summed E-state index contributed by atoms with van der Waals surface area (Å²) in [6, 6.07) is -0.595. The lowest BCUT2D eigenvalue weighted by Crippen LogP contribution is -2.57. The van der Waals surface area contributed by atoms with Crippen LogP contribution in [0.25, 0.3) is 0 Å². The standard InChI is InChI=1S/C29H45BrN2O5S/c1-5-8-13-18-37-28(36)22-23-26(34)32(16-11-9-10-12-17-33)25(29(23)19-21(30)24(22)38-29)27(35)31(15-7-3)20(4)14-6-2/h5,7,20-25,33H,1,3,6,8-19H2,2,4H3/t20?,21?,22-,23+,24-,25?,29?/m1/s1. The van der Waals surface area contributed by atoms with Crippen molar-refractivity contribution >= 4 is 45.5 Å². The maximum atomic E-state index is 14.4. The van der Waals surface area contributed by atoms with Crippen LogP contribution in [0, 0.1) is 11.8 Å². The van der Waals surface area contributed by atoms with E-state index in [-0.39, 0.29) is 40.5 Å². The Hall–Kier alpha value is -1.32. The number of alkyl halides is 1. The van der Waals surface area contributed by atoms with E-state index < -0.39 is 22.6 Å². The van der Waals surface area contributed by atoms with Gasteiger partial charge < -0.3 is 19.6 Å². The number of hydrogen-bond acceptors (Lipinski definition) is 6. The molecule has 7 nitrogen and oxygen atoms in total. The summed E-state index contributed by atoms with van der Waals surface area (Å²) in [5, 5.41) is 9.04. The van der Waals surface area contributed by atoms with Crippen molar-refractivity contribution in [2.75, 3.05) is 26.3 Å². The minimum absolute atomic E-state index is 0.0245. The molecule has 0 aromatic rings. The van der Waals surface area contributed by atoms with Crippen molar-refractivity contribution in [3.63, 3.8) is 0 Å². The Bertz CT molecular complexity index is 872. The molecule has 3 fully saturated rings. The number of nitrogens with zero attached hydrogens (tertiary/aromatic N) is 2. The Morgan fingerprint density at radius 1 is 1.26 bits per heavy atom. The highest BCUT2D eigenvalue weighted by atomic mass is 79.9. The minimum Gasteiger partial charge on any atom is -0.465 e. The molecule has 3 heterocycles. The average Bonchev–Trinajstić information content (AvgIpc) is 3.48. The molecule has 7 atom stereocenters. The van der Waals surface area contributed by atoms with Gasteiger partial charge in [-0.05, 0) is 45.4 Å². The number of allylic oxidation sites excluding steroid dienone is 1. The zero-order chi connectivity index (χ0) is 27.9. The van der Waals surface area contributed by atoms with Crippen LogP contribution < -0.4 is 0 Å². The maximum absolute atomic E-state index is 14.4. The summed E-state index contributed by atoms with van der Waals surface area (Å²) in [6.07, 6.45) is 10.7. The number of fused-ring (bicyclic) bond motifs is 1. The molecule has 4 unspecified atom stereocenters. The summed E-state index contributed by atoms with van der Waals surface area (Å²) < 4.78 is 5.01. The summed E-state index contributed by atoms with van der Waals surface area (Å²) in [5.41, 5.74) is 0. The molecule has 3 aliphatic rings. The molecule has 2 bridgehead atoms. The highest BCUT2D eigenvalue weighted by Crippen LogP contribution is 2.68. The van der Waals surface area contributed by atoms with Crippen LogP contribution in [0.15, 0.2) is 25.3 Å². The van der Waals surface area contributed by atoms with Crippen LogP contribution in [0.3, 0.4) is 0 Å². The molecule has 9 heteroatoms.